The van der Waals surface area contributed by atoms with E-state index >= 15 is 0 Å². The van der Waals surface area contributed by atoms with Gasteiger partial charge < -0.3 is 20.0 Å². The van der Waals surface area contributed by atoms with E-state index in [1.807, 2.05) is 30.7 Å². The van der Waals surface area contributed by atoms with Gasteiger partial charge in [-0.05, 0) is 56.7 Å². The fourth-order valence-corrected chi connectivity index (χ4v) is 6.25. The SMILES string of the molecule is Cc1ccccc1S(=O)(=O)NC(=O)N1CCCC(NC(=O)[C@H](CC(C)C)NC(=O)c2oc3ccccc3c2C)C(=O)C1. The van der Waals surface area contributed by atoms with Gasteiger partial charge in [-0.2, -0.15) is 0 Å². The standard InChI is InChI=1S/C30H36N4O7S/c1-18(2)16-23(32-29(37)27-20(4)21-11-6-7-13-25(21)41-27)28(36)31-22-12-9-15-34(17-24(22)35)30(38)33-42(39,40)26-14-8-5-10-19(26)3/h5-8,10-11,13-14,18,22-23H,9,12,15-17H2,1-4H3,(H,31,36)(H,32,37)(H,33,38)/t22?,23-/m0/s1. The molecule has 224 valence electrons. The summed E-state index contributed by atoms with van der Waals surface area (Å²) in [6.45, 7) is 6.98. The number of aryl methyl sites for hydroxylation is 2. The van der Waals surface area contributed by atoms with Gasteiger partial charge in [0.1, 0.15) is 11.6 Å². The molecule has 3 N–H and O–H groups in total. The number of amides is 4. The number of sulfonamides is 1. The molecule has 11 nitrogen and oxygen atoms in total. The molecule has 0 spiro atoms. The second-order valence-corrected chi connectivity index (χ2v) is 12.6. The molecular weight excluding hydrogens is 560 g/mol. The first kappa shape index (κ1) is 30.8. The number of carbonyl (C=O) groups excluding carboxylic acids is 4. The summed E-state index contributed by atoms with van der Waals surface area (Å²) in [6, 6.07) is 10.8. The van der Waals surface area contributed by atoms with E-state index in [2.05, 4.69) is 10.6 Å². The van der Waals surface area contributed by atoms with Gasteiger partial charge in [0.25, 0.3) is 15.9 Å². The van der Waals surface area contributed by atoms with E-state index in [0.717, 1.165) is 10.3 Å². The lowest BCUT2D eigenvalue weighted by molar-refractivity contribution is -0.129. The number of likely N-dealkylation sites (tertiary alicyclic amines) is 1. The minimum Gasteiger partial charge on any atom is -0.451 e. The molecule has 1 aromatic heterocycles. The highest BCUT2D eigenvalue weighted by molar-refractivity contribution is 7.90. The minimum atomic E-state index is -4.14. The number of rotatable bonds is 8. The molecule has 0 aliphatic carbocycles. The summed E-state index contributed by atoms with van der Waals surface area (Å²) in [5.74, 6) is -1.33. The number of Topliss-reactive ketones (excluding diaryl/α,β-unsaturated/α-hetero) is 1. The predicted molar refractivity (Wildman–Crippen MR) is 156 cm³/mol. The third kappa shape index (κ3) is 6.99. The Morgan fingerprint density at radius 1 is 1.05 bits per heavy atom. The monoisotopic (exact) mass is 596 g/mol. The summed E-state index contributed by atoms with van der Waals surface area (Å²) in [5, 5.41) is 6.31. The lowest BCUT2D eigenvalue weighted by atomic mass is 10.0. The maximum absolute atomic E-state index is 13.3. The van der Waals surface area contributed by atoms with Gasteiger partial charge in [-0.1, -0.05) is 50.2 Å². The third-order valence-corrected chi connectivity index (χ3v) is 8.72. The molecule has 1 aliphatic rings. The fourth-order valence-electron chi connectivity index (χ4n) is 5.03. The van der Waals surface area contributed by atoms with Crippen LogP contribution in [0.4, 0.5) is 4.79 Å². The molecule has 0 saturated carbocycles. The Balaban J connectivity index is 1.41. The summed E-state index contributed by atoms with van der Waals surface area (Å²) in [4.78, 5) is 53.5. The van der Waals surface area contributed by atoms with Gasteiger partial charge in [-0.25, -0.2) is 17.9 Å². The van der Waals surface area contributed by atoms with Crippen molar-refractivity contribution in [2.24, 2.45) is 5.92 Å². The van der Waals surface area contributed by atoms with Gasteiger partial charge in [0.2, 0.25) is 5.91 Å². The van der Waals surface area contributed by atoms with Crippen molar-refractivity contribution in [3.8, 4) is 0 Å². The van der Waals surface area contributed by atoms with Crippen LogP contribution in [0.3, 0.4) is 0 Å². The van der Waals surface area contributed by atoms with E-state index in [-0.39, 0.29) is 36.1 Å². The smallest absolute Gasteiger partial charge is 0.331 e. The number of carbonyl (C=O) groups is 4. The number of nitrogens with one attached hydrogen (secondary N) is 3. The van der Waals surface area contributed by atoms with E-state index in [4.69, 9.17) is 4.42 Å². The van der Waals surface area contributed by atoms with Crippen LogP contribution in [-0.2, 0) is 19.6 Å². The van der Waals surface area contributed by atoms with Gasteiger partial charge in [-0.15, -0.1) is 0 Å². The Kier molecular flexibility index (Phi) is 9.35. The molecular formula is C30H36N4O7S. The van der Waals surface area contributed by atoms with Crippen LogP contribution in [0.25, 0.3) is 11.0 Å². The third-order valence-electron chi connectivity index (χ3n) is 7.24. The van der Waals surface area contributed by atoms with E-state index in [1.165, 1.54) is 6.07 Å². The highest BCUT2D eigenvalue weighted by atomic mass is 32.2. The van der Waals surface area contributed by atoms with Crippen molar-refractivity contribution in [3.63, 3.8) is 0 Å². The van der Waals surface area contributed by atoms with Crippen LogP contribution in [-0.4, -0.2) is 62.1 Å². The quantitative estimate of drug-likeness (QED) is 0.360. The number of hydrogen-bond donors (Lipinski definition) is 3. The van der Waals surface area contributed by atoms with Crippen LogP contribution >= 0.6 is 0 Å². The fraction of sp³-hybridized carbons (Fsp3) is 0.400. The Morgan fingerprint density at radius 2 is 1.74 bits per heavy atom. The first-order chi connectivity index (χ1) is 19.9. The first-order valence-corrected chi connectivity index (χ1v) is 15.3. The zero-order valence-corrected chi connectivity index (χ0v) is 24.9. The average molecular weight is 597 g/mol. The molecule has 1 aliphatic heterocycles. The summed E-state index contributed by atoms with van der Waals surface area (Å²) >= 11 is 0. The Hall–Kier alpha value is -4.19. The topological polar surface area (TPSA) is 155 Å². The lowest BCUT2D eigenvalue weighted by Crippen LogP contribution is -2.53. The normalized spacial score (nSPS) is 16.6. The molecule has 3 aromatic rings. The van der Waals surface area contributed by atoms with Crippen LogP contribution in [0.1, 0.15) is 54.8 Å². The van der Waals surface area contributed by atoms with Gasteiger partial charge in [0, 0.05) is 17.5 Å². The number of para-hydroxylation sites is 1. The van der Waals surface area contributed by atoms with Crippen molar-refractivity contribution in [3.05, 3.63) is 65.4 Å². The van der Waals surface area contributed by atoms with E-state index < -0.39 is 45.7 Å². The maximum atomic E-state index is 13.3. The van der Waals surface area contributed by atoms with Crippen molar-refractivity contribution in [2.45, 2.75) is 63.9 Å². The molecule has 2 heterocycles. The summed E-state index contributed by atoms with van der Waals surface area (Å²) in [7, 11) is -4.14. The highest BCUT2D eigenvalue weighted by Gasteiger charge is 2.33. The largest absolute Gasteiger partial charge is 0.451 e. The number of urea groups is 1. The molecule has 2 aromatic carbocycles. The molecule has 4 rings (SSSR count). The minimum absolute atomic E-state index is 0.0271. The number of nitrogens with zero attached hydrogens (tertiary/aromatic N) is 1. The van der Waals surface area contributed by atoms with Gasteiger partial charge in [-0.3, -0.25) is 14.4 Å². The van der Waals surface area contributed by atoms with Gasteiger partial charge in [0.15, 0.2) is 11.5 Å². The Labute approximate surface area is 245 Å². The predicted octanol–water partition coefficient (Wildman–Crippen LogP) is 3.44. The summed E-state index contributed by atoms with van der Waals surface area (Å²) < 4.78 is 33.3. The maximum Gasteiger partial charge on any atom is 0.331 e. The second-order valence-electron chi connectivity index (χ2n) is 11.0. The number of furan rings is 1. The number of hydrogen-bond acceptors (Lipinski definition) is 7. The zero-order valence-electron chi connectivity index (χ0n) is 24.1. The van der Waals surface area contributed by atoms with Crippen molar-refractivity contribution in [1.29, 1.82) is 0 Å². The van der Waals surface area contributed by atoms with E-state index in [9.17, 15) is 27.6 Å². The molecule has 42 heavy (non-hydrogen) atoms. The van der Waals surface area contributed by atoms with E-state index in [1.54, 1.807) is 44.2 Å². The Bertz CT molecular complexity index is 1610. The molecule has 2 atom stereocenters. The van der Waals surface area contributed by atoms with Crippen LogP contribution in [0.15, 0.2) is 57.8 Å². The highest BCUT2D eigenvalue weighted by Crippen LogP contribution is 2.25. The van der Waals surface area contributed by atoms with Crippen molar-refractivity contribution < 1.29 is 32.0 Å². The van der Waals surface area contributed by atoms with Crippen LogP contribution < -0.4 is 15.4 Å². The molecule has 1 unspecified atom stereocenters. The number of benzene rings is 2. The van der Waals surface area contributed by atoms with Crippen molar-refractivity contribution in [2.75, 3.05) is 13.1 Å². The molecule has 1 fully saturated rings. The summed E-state index contributed by atoms with van der Waals surface area (Å²) in [5.41, 5.74) is 1.70. The summed E-state index contributed by atoms with van der Waals surface area (Å²) in [6.07, 6.45) is 0.931. The molecule has 1 saturated heterocycles. The second kappa shape index (κ2) is 12.8. The first-order valence-electron chi connectivity index (χ1n) is 13.9. The molecule has 12 heteroatoms. The average Bonchev–Trinajstić information content (AvgIpc) is 3.15. The lowest BCUT2D eigenvalue weighted by Gasteiger charge is -2.23. The van der Waals surface area contributed by atoms with Crippen LogP contribution in [0.5, 0.6) is 0 Å². The number of fused-ring (bicyclic) bond motifs is 1. The van der Waals surface area contributed by atoms with Crippen molar-refractivity contribution in [1.82, 2.24) is 20.3 Å². The zero-order chi connectivity index (χ0) is 30.6. The van der Waals surface area contributed by atoms with Crippen LogP contribution in [0, 0.1) is 19.8 Å². The molecule has 0 bridgehead atoms. The van der Waals surface area contributed by atoms with Gasteiger partial charge >= 0.3 is 6.03 Å². The molecule has 4 amide bonds. The van der Waals surface area contributed by atoms with Gasteiger partial charge in [0.05, 0.1) is 17.5 Å². The van der Waals surface area contributed by atoms with Crippen LogP contribution in [0.2, 0.25) is 0 Å². The Morgan fingerprint density at radius 3 is 2.43 bits per heavy atom. The molecule has 0 radical (unpaired) electrons. The number of ketones is 1. The van der Waals surface area contributed by atoms with Crippen molar-refractivity contribution >= 4 is 44.6 Å². The van der Waals surface area contributed by atoms with E-state index in [0.29, 0.717) is 29.6 Å².